The molecule has 19 heavy (non-hydrogen) atoms. The summed E-state index contributed by atoms with van der Waals surface area (Å²) in [6, 6.07) is 6.34. The number of amides is 1. The van der Waals surface area contributed by atoms with E-state index in [2.05, 4.69) is 10.6 Å². The SMILES string of the molecule is CC(C)(C)NCC(=O)Nc1ccc(SC(F)F)cc1. The Morgan fingerprint density at radius 3 is 2.32 bits per heavy atom. The molecule has 1 rings (SSSR count). The number of benzene rings is 1. The molecule has 0 fully saturated rings. The normalized spacial score (nSPS) is 11.7. The first kappa shape index (κ1) is 15.9. The number of hydrogen-bond acceptors (Lipinski definition) is 3. The van der Waals surface area contributed by atoms with Crippen molar-refractivity contribution in [2.75, 3.05) is 11.9 Å². The summed E-state index contributed by atoms with van der Waals surface area (Å²) in [5.41, 5.74) is 0.467. The van der Waals surface area contributed by atoms with E-state index in [1.54, 1.807) is 24.3 Å². The van der Waals surface area contributed by atoms with Gasteiger partial charge < -0.3 is 10.6 Å². The van der Waals surface area contributed by atoms with Crippen molar-refractivity contribution in [3.05, 3.63) is 24.3 Å². The molecule has 2 N–H and O–H groups in total. The molecule has 0 aromatic heterocycles. The lowest BCUT2D eigenvalue weighted by Crippen LogP contribution is -2.41. The minimum Gasteiger partial charge on any atom is -0.325 e. The zero-order valence-electron chi connectivity index (χ0n) is 11.2. The van der Waals surface area contributed by atoms with Crippen molar-refractivity contribution in [2.45, 2.75) is 37.0 Å². The summed E-state index contributed by atoms with van der Waals surface area (Å²) < 4.78 is 24.3. The van der Waals surface area contributed by atoms with Gasteiger partial charge in [-0.15, -0.1) is 0 Å². The van der Waals surface area contributed by atoms with Crippen molar-refractivity contribution in [1.82, 2.24) is 5.32 Å². The lowest BCUT2D eigenvalue weighted by atomic mass is 10.1. The summed E-state index contributed by atoms with van der Waals surface area (Å²) in [7, 11) is 0. The van der Waals surface area contributed by atoms with E-state index in [-0.39, 0.29) is 18.0 Å². The van der Waals surface area contributed by atoms with Crippen LogP contribution in [0.15, 0.2) is 29.2 Å². The van der Waals surface area contributed by atoms with E-state index in [9.17, 15) is 13.6 Å². The minimum absolute atomic E-state index is 0.130. The molecule has 1 amide bonds. The van der Waals surface area contributed by atoms with Gasteiger partial charge in [-0.25, -0.2) is 0 Å². The third-order valence-corrected chi connectivity index (χ3v) is 2.87. The number of carbonyl (C=O) groups excluding carboxylic acids is 1. The number of thioether (sulfide) groups is 1. The van der Waals surface area contributed by atoms with Gasteiger partial charge in [0.25, 0.3) is 5.76 Å². The molecule has 0 saturated carbocycles. The second kappa shape index (κ2) is 6.86. The van der Waals surface area contributed by atoms with Crippen LogP contribution in [0.4, 0.5) is 14.5 Å². The zero-order chi connectivity index (χ0) is 14.5. The quantitative estimate of drug-likeness (QED) is 0.817. The summed E-state index contributed by atoms with van der Waals surface area (Å²) in [4.78, 5) is 12.1. The first-order valence-corrected chi connectivity index (χ1v) is 6.74. The predicted molar refractivity (Wildman–Crippen MR) is 74.7 cm³/mol. The highest BCUT2D eigenvalue weighted by molar-refractivity contribution is 7.99. The maximum Gasteiger partial charge on any atom is 0.288 e. The van der Waals surface area contributed by atoms with E-state index >= 15 is 0 Å². The van der Waals surface area contributed by atoms with Gasteiger partial charge in [-0.1, -0.05) is 11.8 Å². The monoisotopic (exact) mass is 288 g/mol. The van der Waals surface area contributed by atoms with Crippen molar-refractivity contribution in [3.63, 3.8) is 0 Å². The molecule has 0 aliphatic rings. The molecule has 0 spiro atoms. The molecule has 0 unspecified atom stereocenters. The molecule has 1 aromatic carbocycles. The number of carbonyl (C=O) groups is 1. The second-order valence-corrected chi connectivity index (χ2v) is 6.12. The van der Waals surface area contributed by atoms with E-state index in [1.165, 1.54) is 0 Å². The van der Waals surface area contributed by atoms with Gasteiger partial charge in [-0.05, 0) is 45.0 Å². The Balaban J connectivity index is 2.47. The van der Waals surface area contributed by atoms with Gasteiger partial charge in [0.05, 0.1) is 6.54 Å². The Bertz CT molecular complexity index is 416. The molecule has 0 bridgehead atoms. The van der Waals surface area contributed by atoms with Crippen LogP contribution in [0.5, 0.6) is 0 Å². The smallest absolute Gasteiger partial charge is 0.288 e. The van der Waals surface area contributed by atoms with E-state index in [0.717, 1.165) is 0 Å². The summed E-state index contributed by atoms with van der Waals surface area (Å²) in [5, 5.41) is 5.76. The third kappa shape index (κ3) is 7.12. The summed E-state index contributed by atoms with van der Waals surface area (Å²) in [6.45, 7) is 6.11. The average molecular weight is 288 g/mol. The first-order valence-electron chi connectivity index (χ1n) is 5.86. The lowest BCUT2D eigenvalue weighted by molar-refractivity contribution is -0.115. The Labute approximate surface area is 116 Å². The number of alkyl halides is 2. The van der Waals surface area contributed by atoms with E-state index in [0.29, 0.717) is 22.3 Å². The molecule has 0 radical (unpaired) electrons. The fourth-order valence-electron chi connectivity index (χ4n) is 1.27. The number of halogens is 2. The molecular formula is C13H18F2N2OS. The van der Waals surface area contributed by atoms with Gasteiger partial charge in [-0.2, -0.15) is 8.78 Å². The van der Waals surface area contributed by atoms with Crippen LogP contribution in [0.1, 0.15) is 20.8 Å². The summed E-state index contributed by atoms with van der Waals surface area (Å²) in [5.74, 6) is -2.60. The van der Waals surface area contributed by atoms with Crippen LogP contribution < -0.4 is 10.6 Å². The van der Waals surface area contributed by atoms with Gasteiger partial charge in [0.1, 0.15) is 0 Å². The van der Waals surface area contributed by atoms with Crippen molar-refractivity contribution < 1.29 is 13.6 Å². The van der Waals surface area contributed by atoms with Crippen LogP contribution >= 0.6 is 11.8 Å². The maximum atomic E-state index is 12.1. The van der Waals surface area contributed by atoms with Gasteiger partial charge in [0.2, 0.25) is 5.91 Å². The van der Waals surface area contributed by atoms with Crippen molar-refractivity contribution in [1.29, 1.82) is 0 Å². The van der Waals surface area contributed by atoms with Crippen LogP contribution in [0.3, 0.4) is 0 Å². The minimum atomic E-state index is -2.43. The fraction of sp³-hybridized carbons (Fsp3) is 0.462. The van der Waals surface area contributed by atoms with Gasteiger partial charge in [-0.3, -0.25) is 4.79 Å². The Hall–Kier alpha value is -1.14. The van der Waals surface area contributed by atoms with Crippen molar-refractivity contribution >= 4 is 23.4 Å². The van der Waals surface area contributed by atoms with E-state index < -0.39 is 5.76 Å². The highest BCUT2D eigenvalue weighted by Crippen LogP contribution is 2.26. The van der Waals surface area contributed by atoms with Crippen LogP contribution in [-0.2, 0) is 4.79 Å². The third-order valence-electron chi connectivity index (χ3n) is 2.14. The summed E-state index contributed by atoms with van der Waals surface area (Å²) in [6.07, 6.45) is 0. The number of rotatable bonds is 5. The molecule has 0 atom stereocenters. The topological polar surface area (TPSA) is 41.1 Å². The Kier molecular flexibility index (Phi) is 5.75. The number of hydrogen-bond donors (Lipinski definition) is 2. The molecule has 106 valence electrons. The molecular weight excluding hydrogens is 270 g/mol. The van der Waals surface area contributed by atoms with Crippen LogP contribution in [-0.4, -0.2) is 23.7 Å². The average Bonchev–Trinajstić information content (AvgIpc) is 2.28. The highest BCUT2D eigenvalue weighted by Gasteiger charge is 2.11. The second-order valence-electron chi connectivity index (χ2n) is 5.05. The Morgan fingerprint density at radius 2 is 1.84 bits per heavy atom. The highest BCUT2D eigenvalue weighted by atomic mass is 32.2. The molecule has 1 aromatic rings. The van der Waals surface area contributed by atoms with Crippen LogP contribution in [0, 0.1) is 0 Å². The molecule has 0 aliphatic heterocycles. The van der Waals surface area contributed by atoms with Crippen molar-refractivity contribution in [3.8, 4) is 0 Å². The molecule has 0 saturated heterocycles. The standard InChI is InChI=1S/C13H18F2N2OS/c1-13(2,3)16-8-11(18)17-9-4-6-10(7-5-9)19-12(14)15/h4-7,12,16H,8H2,1-3H3,(H,17,18). The molecule has 3 nitrogen and oxygen atoms in total. The van der Waals surface area contributed by atoms with Crippen molar-refractivity contribution in [2.24, 2.45) is 0 Å². The molecule has 0 heterocycles. The largest absolute Gasteiger partial charge is 0.325 e. The van der Waals surface area contributed by atoms with E-state index in [1.807, 2.05) is 20.8 Å². The predicted octanol–water partition coefficient (Wildman–Crippen LogP) is 3.33. The van der Waals surface area contributed by atoms with Gasteiger partial charge in [0, 0.05) is 16.1 Å². The number of nitrogens with one attached hydrogen (secondary N) is 2. The maximum absolute atomic E-state index is 12.1. The fourth-order valence-corrected chi connectivity index (χ4v) is 1.77. The first-order chi connectivity index (χ1) is 8.76. The lowest BCUT2D eigenvalue weighted by Gasteiger charge is -2.20. The van der Waals surface area contributed by atoms with Crippen LogP contribution in [0.25, 0.3) is 0 Å². The zero-order valence-corrected chi connectivity index (χ0v) is 12.0. The molecule has 0 aliphatic carbocycles. The molecule has 6 heteroatoms. The van der Waals surface area contributed by atoms with Gasteiger partial charge in [0.15, 0.2) is 0 Å². The Morgan fingerprint density at radius 1 is 1.26 bits per heavy atom. The van der Waals surface area contributed by atoms with Gasteiger partial charge >= 0.3 is 0 Å². The van der Waals surface area contributed by atoms with Crippen LogP contribution in [0.2, 0.25) is 0 Å². The number of anilines is 1. The summed E-state index contributed by atoms with van der Waals surface area (Å²) >= 11 is 0.481. The van der Waals surface area contributed by atoms with E-state index in [4.69, 9.17) is 0 Å².